The van der Waals surface area contributed by atoms with E-state index in [-0.39, 0.29) is 48.6 Å². The first-order valence-electron chi connectivity index (χ1n) is 12.1. The highest BCUT2D eigenvalue weighted by molar-refractivity contribution is 6.30. The summed E-state index contributed by atoms with van der Waals surface area (Å²) in [6, 6.07) is 16.4. The number of ketones is 1. The second-order valence-electron chi connectivity index (χ2n) is 9.91. The largest absolute Gasteiger partial charge is 0.483 e. The molecule has 0 fully saturated rings. The fourth-order valence-electron chi connectivity index (χ4n) is 3.71. The van der Waals surface area contributed by atoms with Crippen molar-refractivity contribution in [2.24, 2.45) is 5.41 Å². The van der Waals surface area contributed by atoms with Gasteiger partial charge in [0.25, 0.3) is 5.91 Å². The van der Waals surface area contributed by atoms with Crippen LogP contribution in [0.3, 0.4) is 0 Å². The quantitative estimate of drug-likeness (QED) is 0.365. The van der Waals surface area contributed by atoms with E-state index >= 15 is 0 Å². The van der Waals surface area contributed by atoms with Crippen molar-refractivity contribution in [1.82, 2.24) is 9.88 Å². The van der Waals surface area contributed by atoms with Gasteiger partial charge in [0, 0.05) is 36.8 Å². The summed E-state index contributed by atoms with van der Waals surface area (Å²) in [5.74, 6) is -1.03. The summed E-state index contributed by atoms with van der Waals surface area (Å²) in [7, 11) is 1.56. The Bertz CT molecular complexity index is 1310. The van der Waals surface area contributed by atoms with Crippen LogP contribution in [-0.4, -0.2) is 29.5 Å². The van der Waals surface area contributed by atoms with Crippen molar-refractivity contribution in [2.45, 2.75) is 53.5 Å². The van der Waals surface area contributed by atoms with Crippen LogP contribution in [0.4, 0.5) is 0 Å². The average molecular weight is 525 g/mol. The number of Topliss-reactive ketones (excluding diaryl/α,β-unsaturated/α-hetero) is 1. The number of nitrogens with one attached hydrogen (secondary N) is 1. The normalized spacial score (nSPS) is 12.2. The van der Waals surface area contributed by atoms with Crippen LogP contribution in [0.15, 0.2) is 65.6 Å². The minimum absolute atomic E-state index is 0.0253. The molecule has 1 unspecified atom stereocenters. The van der Waals surface area contributed by atoms with E-state index in [0.29, 0.717) is 5.02 Å². The summed E-state index contributed by atoms with van der Waals surface area (Å²) in [6.07, 6.45) is 1.14. The summed E-state index contributed by atoms with van der Waals surface area (Å²) in [4.78, 5) is 40.4. The number of methoxy groups -OCH3 is 1. The first-order valence-corrected chi connectivity index (χ1v) is 12.4. The molecule has 3 rings (SSSR count). The third-order valence-electron chi connectivity index (χ3n) is 5.80. The first-order chi connectivity index (χ1) is 17.5. The second-order valence-corrected chi connectivity index (χ2v) is 10.4. The summed E-state index contributed by atoms with van der Waals surface area (Å²) in [5.41, 5.74) is 0.173. The van der Waals surface area contributed by atoms with Crippen molar-refractivity contribution in [3.8, 4) is 5.75 Å². The van der Waals surface area contributed by atoms with Crippen LogP contribution in [0.25, 0.3) is 0 Å². The van der Waals surface area contributed by atoms with Crippen LogP contribution in [0.5, 0.6) is 5.75 Å². The van der Waals surface area contributed by atoms with E-state index in [0.717, 1.165) is 11.1 Å². The summed E-state index contributed by atoms with van der Waals surface area (Å²) < 4.78 is 13.0. The number of carbonyl (C=O) groups excluding carboxylic acids is 2. The van der Waals surface area contributed by atoms with Crippen LogP contribution >= 0.6 is 11.6 Å². The zero-order valence-corrected chi connectivity index (χ0v) is 22.6. The number of nitrogens with zero attached hydrogens (tertiary/aromatic N) is 1. The molecular formula is C29H33ClN2O5. The number of hydrogen-bond acceptors (Lipinski definition) is 5. The van der Waals surface area contributed by atoms with Crippen LogP contribution in [0, 0.1) is 5.41 Å². The second kappa shape index (κ2) is 12.2. The topological polar surface area (TPSA) is 86.6 Å². The molecule has 1 amide bonds. The molecule has 0 aliphatic carbocycles. The molecule has 1 heterocycles. The monoisotopic (exact) mass is 524 g/mol. The molecule has 3 aromatic rings. The summed E-state index contributed by atoms with van der Waals surface area (Å²) in [6.45, 7) is 7.53. The molecule has 8 heteroatoms. The Labute approximate surface area is 222 Å². The number of hydrogen-bond donors (Lipinski definition) is 1. The van der Waals surface area contributed by atoms with E-state index in [9.17, 15) is 14.4 Å². The predicted octanol–water partition coefficient (Wildman–Crippen LogP) is 5.27. The lowest BCUT2D eigenvalue weighted by molar-refractivity contribution is 0.0843. The maximum atomic E-state index is 13.6. The maximum Gasteiger partial charge on any atom is 0.272 e. The van der Waals surface area contributed by atoms with Gasteiger partial charge in [0.1, 0.15) is 6.61 Å². The number of pyridine rings is 1. The SMILES string of the molecule is COC(C)Cn1cc(C(=O)C(C)(C)C)c(=O)c(OCc2ccccc2)c1C(=O)NCc1cccc(Cl)c1. The molecule has 0 spiro atoms. The Balaban J connectivity index is 2.12. The Morgan fingerprint density at radius 2 is 1.73 bits per heavy atom. The van der Waals surface area contributed by atoms with Gasteiger partial charge in [0.05, 0.1) is 11.7 Å². The Kier molecular flexibility index (Phi) is 9.29. The van der Waals surface area contributed by atoms with Crippen molar-refractivity contribution in [3.05, 3.63) is 98.4 Å². The van der Waals surface area contributed by atoms with Crippen LogP contribution < -0.4 is 15.5 Å². The zero-order chi connectivity index (χ0) is 27.2. The van der Waals surface area contributed by atoms with Crippen molar-refractivity contribution in [3.63, 3.8) is 0 Å². The van der Waals surface area contributed by atoms with Crippen molar-refractivity contribution < 1.29 is 19.1 Å². The summed E-state index contributed by atoms with van der Waals surface area (Å²) >= 11 is 6.08. The van der Waals surface area contributed by atoms with Gasteiger partial charge < -0.3 is 19.4 Å². The number of ether oxygens (including phenoxy) is 2. The van der Waals surface area contributed by atoms with Gasteiger partial charge in [-0.05, 0) is 30.2 Å². The van der Waals surface area contributed by atoms with Gasteiger partial charge in [-0.15, -0.1) is 0 Å². The van der Waals surface area contributed by atoms with E-state index in [1.165, 1.54) is 6.20 Å². The van der Waals surface area contributed by atoms with Gasteiger partial charge in [0.15, 0.2) is 17.2 Å². The maximum absolute atomic E-state index is 13.6. The standard InChI is InChI=1S/C29H33ClN2O5/c1-19(36-5)16-32-17-23(27(34)29(2,3)4)25(33)26(37-18-20-10-7-6-8-11-20)24(32)28(35)31-15-21-12-9-13-22(30)14-21/h6-14,17,19H,15-16,18H2,1-5H3,(H,31,35). The lowest BCUT2D eigenvalue weighted by Crippen LogP contribution is -2.35. The molecular weight excluding hydrogens is 492 g/mol. The number of halogens is 1. The molecule has 1 N–H and O–H groups in total. The van der Waals surface area contributed by atoms with E-state index in [4.69, 9.17) is 21.1 Å². The Morgan fingerprint density at radius 1 is 1.05 bits per heavy atom. The highest BCUT2D eigenvalue weighted by Crippen LogP contribution is 2.24. The van der Waals surface area contributed by atoms with E-state index in [2.05, 4.69) is 5.32 Å². The molecule has 0 aliphatic rings. The third-order valence-corrected chi connectivity index (χ3v) is 6.04. The minimum atomic E-state index is -0.809. The lowest BCUT2D eigenvalue weighted by atomic mass is 9.86. The molecule has 0 aliphatic heterocycles. The zero-order valence-electron chi connectivity index (χ0n) is 21.8. The van der Waals surface area contributed by atoms with E-state index in [1.807, 2.05) is 43.3 Å². The first kappa shape index (κ1) is 28.2. The van der Waals surface area contributed by atoms with Gasteiger partial charge in [0.2, 0.25) is 5.43 Å². The molecule has 1 atom stereocenters. The number of carbonyl (C=O) groups is 2. The average Bonchev–Trinajstić information content (AvgIpc) is 2.86. The van der Waals surface area contributed by atoms with Gasteiger partial charge >= 0.3 is 0 Å². The molecule has 0 bridgehead atoms. The fourth-order valence-corrected chi connectivity index (χ4v) is 3.92. The van der Waals surface area contributed by atoms with Gasteiger partial charge in [-0.1, -0.05) is 74.8 Å². The molecule has 7 nitrogen and oxygen atoms in total. The molecule has 196 valence electrons. The molecule has 2 aromatic carbocycles. The molecule has 0 radical (unpaired) electrons. The van der Waals surface area contributed by atoms with Crippen molar-refractivity contribution in [1.29, 1.82) is 0 Å². The number of rotatable bonds is 10. The number of aromatic nitrogens is 1. The number of amides is 1. The van der Waals surface area contributed by atoms with Gasteiger partial charge in [-0.25, -0.2) is 0 Å². The summed E-state index contributed by atoms with van der Waals surface area (Å²) in [5, 5.41) is 3.41. The molecule has 37 heavy (non-hydrogen) atoms. The van der Waals surface area contributed by atoms with Crippen molar-refractivity contribution >= 4 is 23.3 Å². The number of benzene rings is 2. The van der Waals surface area contributed by atoms with E-state index in [1.54, 1.807) is 50.6 Å². The van der Waals surface area contributed by atoms with Gasteiger partial charge in [-0.2, -0.15) is 0 Å². The highest BCUT2D eigenvalue weighted by atomic mass is 35.5. The van der Waals surface area contributed by atoms with Crippen LogP contribution in [0.2, 0.25) is 5.02 Å². The molecule has 1 aromatic heterocycles. The van der Waals surface area contributed by atoms with Crippen LogP contribution in [-0.2, 0) is 24.4 Å². The van der Waals surface area contributed by atoms with Crippen LogP contribution in [0.1, 0.15) is 59.7 Å². The Morgan fingerprint density at radius 3 is 2.35 bits per heavy atom. The lowest BCUT2D eigenvalue weighted by Gasteiger charge is -2.23. The molecule has 0 saturated heterocycles. The Hall–Kier alpha value is -3.42. The fraction of sp³-hybridized carbons (Fsp3) is 0.345. The highest BCUT2D eigenvalue weighted by Gasteiger charge is 2.31. The third kappa shape index (κ3) is 7.31. The minimum Gasteiger partial charge on any atom is -0.483 e. The smallest absolute Gasteiger partial charge is 0.272 e. The molecule has 0 saturated carbocycles. The van der Waals surface area contributed by atoms with Crippen molar-refractivity contribution in [2.75, 3.05) is 7.11 Å². The van der Waals surface area contributed by atoms with Gasteiger partial charge in [-0.3, -0.25) is 14.4 Å². The van der Waals surface area contributed by atoms with E-state index < -0.39 is 16.8 Å². The predicted molar refractivity (Wildman–Crippen MR) is 144 cm³/mol.